The van der Waals surface area contributed by atoms with Crippen molar-refractivity contribution in [1.29, 1.82) is 0 Å². The van der Waals surface area contributed by atoms with Crippen LogP contribution in [0, 0.1) is 0 Å². The summed E-state index contributed by atoms with van der Waals surface area (Å²) in [4.78, 5) is 47.0. The maximum Gasteiger partial charge on any atom is 0.309 e. The topological polar surface area (TPSA) is 116 Å². The number of allylic oxidation sites excluding steroid dienone is 12. The largest absolute Gasteiger partial charge is 0.344 e. The summed E-state index contributed by atoms with van der Waals surface area (Å²) in [6.07, 6.45) is 24.4. The third-order valence-corrected chi connectivity index (χ3v) is 7.63. The van der Waals surface area contributed by atoms with E-state index in [4.69, 9.17) is 0 Å². The van der Waals surface area contributed by atoms with Gasteiger partial charge < -0.3 is 21.3 Å². The van der Waals surface area contributed by atoms with Crippen LogP contribution >= 0.6 is 0 Å². The van der Waals surface area contributed by atoms with Crippen LogP contribution in [0.4, 0.5) is 0 Å². The fourth-order valence-electron chi connectivity index (χ4n) is 4.36. The zero-order chi connectivity index (χ0) is 39.9. The molecule has 292 valence electrons. The van der Waals surface area contributed by atoms with Gasteiger partial charge in [-0.15, -0.1) is 0 Å². The van der Waals surface area contributed by atoms with E-state index in [1.807, 2.05) is 52.0 Å². The third-order valence-electron chi connectivity index (χ3n) is 7.63. The minimum atomic E-state index is -0.589. The quantitative estimate of drug-likeness (QED) is 0.0741. The van der Waals surface area contributed by atoms with Gasteiger partial charge in [-0.2, -0.15) is 0 Å². The van der Waals surface area contributed by atoms with Crippen LogP contribution in [0.1, 0.15) is 134 Å². The summed E-state index contributed by atoms with van der Waals surface area (Å²) < 4.78 is 0. The smallest absolute Gasteiger partial charge is 0.309 e. The van der Waals surface area contributed by atoms with Gasteiger partial charge in [0, 0.05) is 26.2 Å². The first-order chi connectivity index (χ1) is 24.4. The highest BCUT2D eigenvalue weighted by Gasteiger charge is 2.11. The van der Waals surface area contributed by atoms with Gasteiger partial charge in [-0.05, 0) is 134 Å². The Kier molecular flexibility index (Phi) is 30.3. The molecule has 0 aromatic heterocycles. The molecule has 0 saturated carbocycles. The molecule has 0 aromatic carbocycles. The lowest BCUT2D eigenvalue weighted by Crippen LogP contribution is -2.40. The molecule has 4 amide bonds. The first-order valence-corrected chi connectivity index (χ1v) is 18.7. The number of carbonyl (C=O) groups excluding carboxylic acids is 4. The highest BCUT2D eigenvalue weighted by molar-refractivity contribution is 6.35. The summed E-state index contributed by atoms with van der Waals surface area (Å²) >= 11 is 0. The SMILES string of the molecule is CC(C)=CCC/C(C)=C/CNC(=O)C(=O)NC/C=C(\C)CCC=C(C)C.CC(C)=CCC/C(C)=C\CNC(=O)C(=O)NC/C=C(/C)CCC=C(C)C. The van der Waals surface area contributed by atoms with Crippen LogP contribution in [0.25, 0.3) is 0 Å². The number of rotatable bonds is 20. The lowest BCUT2D eigenvalue weighted by molar-refractivity contribution is -0.138. The average molecular weight is 721 g/mol. The lowest BCUT2D eigenvalue weighted by Gasteiger charge is -2.05. The van der Waals surface area contributed by atoms with Gasteiger partial charge in [-0.3, -0.25) is 19.2 Å². The molecule has 0 unspecified atom stereocenters. The van der Waals surface area contributed by atoms with Crippen LogP contribution in [-0.2, 0) is 19.2 Å². The molecule has 0 atom stereocenters. The maximum absolute atomic E-state index is 11.8. The normalized spacial score (nSPS) is 11.6. The van der Waals surface area contributed by atoms with E-state index < -0.39 is 23.6 Å². The van der Waals surface area contributed by atoms with Crippen molar-refractivity contribution in [2.75, 3.05) is 26.2 Å². The Balaban J connectivity index is 0. The molecular formula is C44H72N4O4. The number of hydrogen-bond acceptors (Lipinski definition) is 4. The monoisotopic (exact) mass is 721 g/mol. The molecule has 52 heavy (non-hydrogen) atoms. The molecule has 0 saturated heterocycles. The Morgan fingerprint density at radius 3 is 0.635 bits per heavy atom. The van der Waals surface area contributed by atoms with Gasteiger partial charge in [0.1, 0.15) is 0 Å². The lowest BCUT2D eigenvalue weighted by atomic mass is 10.1. The molecule has 0 bridgehead atoms. The van der Waals surface area contributed by atoms with Crippen molar-refractivity contribution >= 4 is 23.6 Å². The van der Waals surface area contributed by atoms with Gasteiger partial charge in [-0.1, -0.05) is 93.2 Å². The predicted octanol–water partition coefficient (Wildman–Crippen LogP) is 9.21. The second kappa shape index (κ2) is 31.5. The predicted molar refractivity (Wildman–Crippen MR) is 222 cm³/mol. The molecular weight excluding hydrogens is 649 g/mol. The van der Waals surface area contributed by atoms with Crippen LogP contribution in [0.5, 0.6) is 0 Å². The summed E-state index contributed by atoms with van der Waals surface area (Å²) in [5, 5.41) is 10.5. The molecule has 0 aliphatic rings. The second-order valence-corrected chi connectivity index (χ2v) is 14.3. The average Bonchev–Trinajstić information content (AvgIpc) is 3.04. The summed E-state index contributed by atoms with van der Waals surface area (Å²) in [5.41, 5.74) is 10.1. The van der Waals surface area contributed by atoms with E-state index in [1.54, 1.807) is 0 Å². The molecule has 0 aromatic rings. The van der Waals surface area contributed by atoms with Crippen LogP contribution in [0.2, 0.25) is 0 Å². The highest BCUT2D eigenvalue weighted by atomic mass is 16.2. The van der Waals surface area contributed by atoms with Gasteiger partial charge in [0.25, 0.3) is 0 Å². The summed E-state index contributed by atoms with van der Waals surface area (Å²) in [7, 11) is 0. The second-order valence-electron chi connectivity index (χ2n) is 14.3. The summed E-state index contributed by atoms with van der Waals surface area (Å²) in [6, 6.07) is 0. The molecule has 0 fully saturated rings. The molecule has 0 rings (SSSR count). The van der Waals surface area contributed by atoms with Crippen molar-refractivity contribution in [3.63, 3.8) is 0 Å². The van der Waals surface area contributed by atoms with Gasteiger partial charge >= 0.3 is 23.6 Å². The van der Waals surface area contributed by atoms with Crippen molar-refractivity contribution < 1.29 is 19.2 Å². The Morgan fingerprint density at radius 1 is 0.308 bits per heavy atom. The number of nitrogens with one attached hydrogen (secondary N) is 4. The molecule has 4 N–H and O–H groups in total. The van der Waals surface area contributed by atoms with Crippen LogP contribution in [-0.4, -0.2) is 49.8 Å². The highest BCUT2D eigenvalue weighted by Crippen LogP contribution is 2.08. The molecule has 0 heterocycles. The fourth-order valence-corrected chi connectivity index (χ4v) is 4.36. The van der Waals surface area contributed by atoms with E-state index in [0.29, 0.717) is 26.2 Å². The van der Waals surface area contributed by atoms with Crippen molar-refractivity contribution in [3.05, 3.63) is 93.2 Å². The van der Waals surface area contributed by atoms with Crippen LogP contribution in [0.15, 0.2) is 93.2 Å². The zero-order valence-corrected chi connectivity index (χ0v) is 34.7. The van der Waals surface area contributed by atoms with Crippen molar-refractivity contribution in [2.45, 2.75) is 134 Å². The van der Waals surface area contributed by atoms with Crippen molar-refractivity contribution in [1.82, 2.24) is 21.3 Å². The Bertz CT molecular complexity index is 1150. The van der Waals surface area contributed by atoms with Gasteiger partial charge in [0.05, 0.1) is 0 Å². The van der Waals surface area contributed by atoms with E-state index in [0.717, 1.165) is 51.4 Å². The van der Waals surface area contributed by atoms with E-state index in [1.165, 1.54) is 44.6 Å². The number of carbonyl (C=O) groups is 4. The molecule has 0 aliphatic carbocycles. The van der Waals surface area contributed by atoms with Crippen molar-refractivity contribution in [2.24, 2.45) is 0 Å². The van der Waals surface area contributed by atoms with Crippen molar-refractivity contribution in [3.8, 4) is 0 Å². The van der Waals surface area contributed by atoms with Crippen LogP contribution < -0.4 is 21.3 Å². The first-order valence-electron chi connectivity index (χ1n) is 18.7. The number of amides is 4. The maximum atomic E-state index is 11.8. The zero-order valence-electron chi connectivity index (χ0n) is 34.7. The minimum absolute atomic E-state index is 0.379. The van der Waals surface area contributed by atoms with Gasteiger partial charge in [0.15, 0.2) is 0 Å². The molecule has 0 radical (unpaired) electrons. The molecule has 8 nitrogen and oxygen atoms in total. The minimum Gasteiger partial charge on any atom is -0.344 e. The molecule has 0 spiro atoms. The Morgan fingerprint density at radius 2 is 0.481 bits per heavy atom. The van der Waals surface area contributed by atoms with Gasteiger partial charge in [-0.25, -0.2) is 0 Å². The Hall–Kier alpha value is -4.20. The molecule has 8 heteroatoms. The van der Waals surface area contributed by atoms with E-state index in [2.05, 4.69) is 101 Å². The first kappa shape index (κ1) is 49.9. The van der Waals surface area contributed by atoms with E-state index in [-0.39, 0.29) is 0 Å². The van der Waals surface area contributed by atoms with E-state index >= 15 is 0 Å². The Labute approximate surface area is 317 Å². The van der Waals surface area contributed by atoms with E-state index in [9.17, 15) is 19.2 Å². The number of hydrogen-bond donors (Lipinski definition) is 4. The summed E-state index contributed by atoms with van der Waals surface area (Å²) in [5.74, 6) is -2.36. The fraction of sp³-hybridized carbons (Fsp3) is 0.545. The van der Waals surface area contributed by atoms with Gasteiger partial charge in [0.2, 0.25) is 0 Å². The third kappa shape index (κ3) is 34.3. The molecule has 0 aliphatic heterocycles. The standard InChI is InChI=1S/2C22H36N2O2/c2*1-17(2)9-7-11-19(5)13-15-23-21(25)22(26)24-16-14-20(6)12-8-10-18(3)4/h2*9-10,13-14H,7-8,11-12,15-16H2,1-6H3,(H,23,25)(H,24,26)/b19-13+,20-14+;19-13-,20-14-. The van der Waals surface area contributed by atoms with Crippen LogP contribution in [0.3, 0.4) is 0 Å². The summed E-state index contributed by atoms with van der Waals surface area (Å²) in [6.45, 7) is 26.3.